The van der Waals surface area contributed by atoms with E-state index in [2.05, 4.69) is 26.3 Å². The number of anilines is 2. The van der Waals surface area contributed by atoms with Gasteiger partial charge in [0.05, 0.1) is 5.69 Å². The Hall–Kier alpha value is -2.21. The van der Waals surface area contributed by atoms with Gasteiger partial charge in [0.15, 0.2) is 5.13 Å². The highest BCUT2D eigenvalue weighted by Crippen LogP contribution is 2.36. The molecule has 2 N–H and O–H groups in total. The Morgan fingerprint density at radius 3 is 3.00 bits per heavy atom. The Morgan fingerprint density at radius 2 is 2.10 bits per heavy atom. The lowest BCUT2D eigenvalue weighted by molar-refractivity contribution is 0.844. The van der Waals surface area contributed by atoms with E-state index in [1.165, 1.54) is 16.9 Å². The van der Waals surface area contributed by atoms with Crippen molar-refractivity contribution in [2.75, 3.05) is 5.32 Å². The predicted octanol–water partition coefficient (Wildman–Crippen LogP) is 3.16. The van der Waals surface area contributed by atoms with E-state index >= 15 is 0 Å². The van der Waals surface area contributed by atoms with Crippen LogP contribution in [0.4, 0.5) is 11.1 Å². The normalized spacial score (nSPS) is 13.4. The number of aromatic nitrogens is 4. The first-order valence-corrected chi connectivity index (χ1v) is 7.42. The molecule has 100 valence electrons. The summed E-state index contributed by atoms with van der Waals surface area (Å²) in [6.45, 7) is 0. The zero-order valence-corrected chi connectivity index (χ0v) is 11.6. The van der Waals surface area contributed by atoms with Crippen LogP contribution in [0.15, 0.2) is 30.7 Å². The summed E-state index contributed by atoms with van der Waals surface area (Å²) in [5.41, 5.74) is 3.60. The minimum atomic E-state index is 0.586. The molecule has 0 atom stereocenters. The molecule has 0 saturated carbocycles. The molecule has 0 fully saturated rings. The molecule has 6 heteroatoms. The van der Waals surface area contributed by atoms with Crippen molar-refractivity contribution in [3.63, 3.8) is 0 Å². The van der Waals surface area contributed by atoms with E-state index in [9.17, 15) is 0 Å². The summed E-state index contributed by atoms with van der Waals surface area (Å²) in [5, 5.41) is 4.03. The lowest BCUT2D eigenvalue weighted by Crippen LogP contribution is -1.95. The molecule has 3 aromatic rings. The summed E-state index contributed by atoms with van der Waals surface area (Å²) >= 11 is 1.69. The van der Waals surface area contributed by atoms with Gasteiger partial charge in [0.25, 0.3) is 0 Å². The van der Waals surface area contributed by atoms with E-state index in [1.54, 1.807) is 29.8 Å². The molecule has 0 saturated heterocycles. The van der Waals surface area contributed by atoms with Crippen LogP contribution in [0.25, 0.3) is 11.4 Å². The molecule has 20 heavy (non-hydrogen) atoms. The summed E-state index contributed by atoms with van der Waals surface area (Å²) in [7, 11) is 0. The lowest BCUT2D eigenvalue weighted by atomic mass is 10.1. The second-order valence-electron chi connectivity index (χ2n) is 4.72. The van der Waals surface area contributed by atoms with Gasteiger partial charge in [0.2, 0.25) is 5.95 Å². The van der Waals surface area contributed by atoms with Crippen LogP contribution in [0.5, 0.6) is 0 Å². The summed E-state index contributed by atoms with van der Waals surface area (Å²) in [5.74, 6) is 0.586. The molecule has 1 aliphatic carbocycles. The molecule has 0 bridgehead atoms. The highest BCUT2D eigenvalue weighted by Gasteiger charge is 2.20. The van der Waals surface area contributed by atoms with Crippen molar-refractivity contribution >= 4 is 22.4 Å². The van der Waals surface area contributed by atoms with Crippen LogP contribution in [0, 0.1) is 0 Å². The molecule has 4 rings (SSSR count). The minimum absolute atomic E-state index is 0.586. The van der Waals surface area contributed by atoms with Crippen LogP contribution in [-0.4, -0.2) is 19.9 Å². The number of nitrogens with one attached hydrogen (secondary N) is 2. The van der Waals surface area contributed by atoms with E-state index in [1.807, 2.05) is 6.20 Å². The van der Waals surface area contributed by atoms with E-state index in [4.69, 9.17) is 4.98 Å². The maximum absolute atomic E-state index is 4.72. The van der Waals surface area contributed by atoms with Crippen LogP contribution in [-0.2, 0) is 12.8 Å². The van der Waals surface area contributed by atoms with Gasteiger partial charge < -0.3 is 10.3 Å². The van der Waals surface area contributed by atoms with E-state index < -0.39 is 0 Å². The highest BCUT2D eigenvalue weighted by molar-refractivity contribution is 7.16. The Morgan fingerprint density at radius 1 is 1.20 bits per heavy atom. The smallest absolute Gasteiger partial charge is 0.228 e. The Balaban J connectivity index is 1.72. The molecule has 0 spiro atoms. The van der Waals surface area contributed by atoms with Gasteiger partial charge in [-0.15, -0.1) is 11.3 Å². The molecule has 0 amide bonds. The number of H-pyrrole nitrogens is 1. The fourth-order valence-electron chi connectivity index (χ4n) is 2.50. The summed E-state index contributed by atoms with van der Waals surface area (Å²) in [6.07, 6.45) is 8.79. The summed E-state index contributed by atoms with van der Waals surface area (Å²) < 4.78 is 0. The number of rotatable bonds is 2. The van der Waals surface area contributed by atoms with Crippen LogP contribution >= 0.6 is 11.3 Å². The largest absolute Gasteiger partial charge is 0.360 e. The first-order valence-electron chi connectivity index (χ1n) is 6.60. The third-order valence-corrected chi connectivity index (χ3v) is 4.43. The van der Waals surface area contributed by atoms with E-state index in [0.717, 1.165) is 29.4 Å². The first kappa shape index (κ1) is 11.6. The molecule has 0 aromatic carbocycles. The molecule has 5 nitrogen and oxygen atoms in total. The average Bonchev–Trinajstić information content (AvgIpc) is 3.04. The maximum atomic E-state index is 4.72. The topological polar surface area (TPSA) is 66.5 Å². The van der Waals surface area contributed by atoms with Crippen molar-refractivity contribution in [3.8, 4) is 11.4 Å². The molecule has 0 unspecified atom stereocenters. The van der Waals surface area contributed by atoms with Crippen LogP contribution in [0.3, 0.4) is 0 Å². The van der Waals surface area contributed by atoms with Crippen molar-refractivity contribution in [2.24, 2.45) is 0 Å². The molecule has 3 aromatic heterocycles. The second-order valence-corrected chi connectivity index (χ2v) is 5.80. The van der Waals surface area contributed by atoms with Gasteiger partial charge in [-0.25, -0.2) is 15.0 Å². The van der Waals surface area contributed by atoms with Gasteiger partial charge >= 0.3 is 0 Å². The number of fused-ring (bicyclic) bond motifs is 3. The molecular weight excluding hydrogens is 270 g/mol. The van der Waals surface area contributed by atoms with Gasteiger partial charge in [-0.2, -0.15) is 0 Å². The Labute approximate surface area is 120 Å². The SMILES string of the molecule is c1cnc(Nc2nc3c(s2)CCCc2cc[nH]c2-3)nc1. The summed E-state index contributed by atoms with van der Waals surface area (Å²) in [4.78, 5) is 17.7. The summed E-state index contributed by atoms with van der Waals surface area (Å²) in [6, 6.07) is 3.95. The van der Waals surface area contributed by atoms with Crippen molar-refractivity contribution in [1.82, 2.24) is 19.9 Å². The van der Waals surface area contributed by atoms with Gasteiger partial charge in [-0.1, -0.05) is 0 Å². The van der Waals surface area contributed by atoms with Gasteiger partial charge in [0, 0.05) is 23.5 Å². The van der Waals surface area contributed by atoms with Gasteiger partial charge in [-0.05, 0) is 37.0 Å². The fraction of sp³-hybridized carbons (Fsp3) is 0.214. The monoisotopic (exact) mass is 283 g/mol. The third-order valence-electron chi connectivity index (χ3n) is 3.40. The van der Waals surface area contributed by atoms with E-state index in [-0.39, 0.29) is 0 Å². The van der Waals surface area contributed by atoms with Crippen LogP contribution in [0.2, 0.25) is 0 Å². The molecule has 0 radical (unpaired) electrons. The number of aromatic amines is 1. The lowest BCUT2D eigenvalue weighted by Gasteiger charge is -1.99. The average molecular weight is 283 g/mol. The van der Waals surface area contributed by atoms with Crippen molar-refractivity contribution < 1.29 is 0 Å². The Bertz CT molecular complexity index is 731. The Kier molecular flexibility index (Phi) is 2.74. The number of nitrogens with zero attached hydrogens (tertiary/aromatic N) is 3. The first-order chi connectivity index (χ1) is 9.90. The predicted molar refractivity (Wildman–Crippen MR) is 79.2 cm³/mol. The zero-order valence-electron chi connectivity index (χ0n) is 10.8. The standard InChI is InChI=1S/C14H13N5S/c1-3-9-5-8-15-11(9)12-10(4-1)20-14(18-12)19-13-16-6-2-7-17-13/h2,5-8,15H,1,3-4H2,(H,16,17,18,19). The zero-order chi connectivity index (χ0) is 13.4. The minimum Gasteiger partial charge on any atom is -0.360 e. The molecule has 0 aliphatic heterocycles. The van der Waals surface area contributed by atoms with Crippen molar-refractivity contribution in [2.45, 2.75) is 19.3 Å². The van der Waals surface area contributed by atoms with E-state index in [0.29, 0.717) is 5.95 Å². The molecule has 1 aliphatic rings. The maximum Gasteiger partial charge on any atom is 0.228 e. The third kappa shape index (κ3) is 1.98. The van der Waals surface area contributed by atoms with Crippen molar-refractivity contribution in [1.29, 1.82) is 0 Å². The second kappa shape index (κ2) is 4.72. The number of aryl methyl sites for hydroxylation is 2. The number of hydrogen-bond acceptors (Lipinski definition) is 5. The number of hydrogen-bond donors (Lipinski definition) is 2. The molecule has 3 heterocycles. The number of thiazole rings is 1. The molecular formula is C14H13N5S. The van der Waals surface area contributed by atoms with Crippen LogP contribution < -0.4 is 5.32 Å². The van der Waals surface area contributed by atoms with Crippen LogP contribution in [0.1, 0.15) is 16.9 Å². The van der Waals surface area contributed by atoms with Crippen molar-refractivity contribution in [3.05, 3.63) is 41.2 Å². The fourth-order valence-corrected chi connectivity index (χ4v) is 3.50. The quantitative estimate of drug-likeness (QED) is 0.758. The highest BCUT2D eigenvalue weighted by atomic mass is 32.1. The van der Waals surface area contributed by atoms with Gasteiger partial charge in [-0.3, -0.25) is 0 Å². The van der Waals surface area contributed by atoms with Gasteiger partial charge in [0.1, 0.15) is 5.69 Å².